The van der Waals surface area contributed by atoms with Gasteiger partial charge in [-0.25, -0.2) is 0 Å². The molecule has 0 spiro atoms. The van der Waals surface area contributed by atoms with Crippen LogP contribution >= 0.6 is 0 Å². The molecule has 0 unspecified atom stereocenters. The van der Waals surface area contributed by atoms with Gasteiger partial charge in [0.05, 0.1) is 6.04 Å². The highest BCUT2D eigenvalue weighted by molar-refractivity contribution is 5.88. The summed E-state index contributed by atoms with van der Waals surface area (Å²) in [6.45, 7) is 5.90. The van der Waals surface area contributed by atoms with Gasteiger partial charge in [0.25, 0.3) is 5.91 Å². The fourth-order valence-corrected chi connectivity index (χ4v) is 1.48. The zero-order chi connectivity index (χ0) is 11.4. The third-order valence-electron chi connectivity index (χ3n) is 2.43. The van der Waals surface area contributed by atoms with E-state index in [1.54, 1.807) is 4.68 Å². The maximum atomic E-state index is 11.6. The number of nitrogens with one attached hydrogen (secondary N) is 1. The third kappa shape index (κ3) is 2.83. The predicted octanol–water partition coefficient (Wildman–Crippen LogP) is 1.30. The van der Waals surface area contributed by atoms with Crippen molar-refractivity contribution >= 4 is 5.91 Å². The fraction of sp³-hybridized carbons (Fsp3) is 0.545. The Labute approximate surface area is 90.4 Å². The number of aromatic nitrogens is 1. The Bertz CT molecular complexity index is 324. The van der Waals surface area contributed by atoms with E-state index in [1.807, 2.05) is 32.9 Å². The van der Waals surface area contributed by atoms with Crippen LogP contribution in [0.25, 0.3) is 0 Å². The van der Waals surface area contributed by atoms with Crippen LogP contribution in [0.1, 0.15) is 31.2 Å². The second-order valence-electron chi connectivity index (χ2n) is 3.82. The smallest absolute Gasteiger partial charge is 0.255 e. The summed E-state index contributed by atoms with van der Waals surface area (Å²) in [5.41, 5.74) is 10.5. The molecule has 1 rings (SSSR count). The van der Waals surface area contributed by atoms with E-state index in [0.717, 1.165) is 17.8 Å². The molecule has 1 atom stereocenters. The lowest BCUT2D eigenvalue weighted by Gasteiger charge is -2.14. The van der Waals surface area contributed by atoms with Gasteiger partial charge in [0, 0.05) is 11.4 Å². The summed E-state index contributed by atoms with van der Waals surface area (Å²) in [6, 6.07) is 3.50. The largest absolute Gasteiger partial charge is 0.320 e. The van der Waals surface area contributed by atoms with Gasteiger partial charge in [-0.3, -0.25) is 14.9 Å². The minimum Gasteiger partial charge on any atom is -0.320 e. The number of nitrogens with zero attached hydrogens (tertiary/aromatic N) is 1. The molecule has 1 amide bonds. The first kappa shape index (κ1) is 11.8. The molecule has 0 radical (unpaired) electrons. The lowest BCUT2D eigenvalue weighted by atomic mass is 10.2. The van der Waals surface area contributed by atoms with Crippen LogP contribution in [0.4, 0.5) is 0 Å². The van der Waals surface area contributed by atoms with E-state index in [1.165, 1.54) is 0 Å². The molecule has 4 heteroatoms. The average Bonchev–Trinajstić information content (AvgIpc) is 2.49. The van der Waals surface area contributed by atoms with Gasteiger partial charge in [0.15, 0.2) is 0 Å². The summed E-state index contributed by atoms with van der Waals surface area (Å²) in [4.78, 5) is 11.6. The van der Waals surface area contributed by atoms with Crippen molar-refractivity contribution < 1.29 is 4.79 Å². The van der Waals surface area contributed by atoms with E-state index < -0.39 is 6.04 Å². The second-order valence-corrected chi connectivity index (χ2v) is 3.82. The summed E-state index contributed by atoms with van der Waals surface area (Å²) < 4.78 is 1.76. The Morgan fingerprint density at radius 2 is 2.00 bits per heavy atom. The van der Waals surface area contributed by atoms with Gasteiger partial charge in [-0.05, 0) is 32.4 Å². The van der Waals surface area contributed by atoms with Crippen molar-refractivity contribution in [1.29, 1.82) is 0 Å². The maximum Gasteiger partial charge on any atom is 0.255 e. The number of aryl methyl sites for hydroxylation is 2. The summed E-state index contributed by atoms with van der Waals surface area (Å²) in [6.07, 6.45) is 1.63. The zero-order valence-corrected chi connectivity index (χ0v) is 9.58. The predicted molar refractivity (Wildman–Crippen MR) is 61.2 cm³/mol. The van der Waals surface area contributed by atoms with E-state index in [4.69, 9.17) is 5.73 Å². The van der Waals surface area contributed by atoms with Crippen molar-refractivity contribution in [3.05, 3.63) is 23.5 Å². The highest BCUT2D eigenvalue weighted by Gasteiger charge is 2.13. The summed E-state index contributed by atoms with van der Waals surface area (Å²) in [7, 11) is 0. The van der Waals surface area contributed by atoms with E-state index in [9.17, 15) is 4.79 Å². The van der Waals surface area contributed by atoms with Crippen LogP contribution in [0.3, 0.4) is 0 Å². The van der Waals surface area contributed by atoms with Crippen molar-refractivity contribution in [3.63, 3.8) is 0 Å². The molecular weight excluding hydrogens is 190 g/mol. The number of amides is 1. The first-order valence-electron chi connectivity index (χ1n) is 5.27. The van der Waals surface area contributed by atoms with Gasteiger partial charge in [-0.2, -0.15) is 0 Å². The molecule has 0 aliphatic rings. The molecule has 1 heterocycles. The lowest BCUT2D eigenvalue weighted by Crippen LogP contribution is -2.39. The summed E-state index contributed by atoms with van der Waals surface area (Å²) in [5, 5.41) is 0. The molecule has 0 bridgehead atoms. The molecule has 0 aliphatic heterocycles. The third-order valence-corrected chi connectivity index (χ3v) is 2.43. The first-order chi connectivity index (χ1) is 7.06. The van der Waals surface area contributed by atoms with Crippen LogP contribution in [-0.4, -0.2) is 16.6 Å². The van der Waals surface area contributed by atoms with Crippen LogP contribution in [0.15, 0.2) is 12.1 Å². The molecule has 0 aliphatic carbocycles. The maximum absolute atomic E-state index is 11.6. The SMILES string of the molecule is CCC[C@H](N)C(=O)Nn1c(C)ccc1C. The average molecular weight is 209 g/mol. The lowest BCUT2D eigenvalue weighted by molar-refractivity contribution is -0.118. The number of hydrogen-bond donors (Lipinski definition) is 2. The molecule has 0 aromatic carbocycles. The van der Waals surface area contributed by atoms with Crippen molar-refractivity contribution in [3.8, 4) is 0 Å². The highest BCUT2D eigenvalue weighted by atomic mass is 16.2. The molecule has 1 aromatic heterocycles. The van der Waals surface area contributed by atoms with Crippen LogP contribution in [-0.2, 0) is 4.79 Å². The van der Waals surface area contributed by atoms with Gasteiger partial charge >= 0.3 is 0 Å². The molecule has 0 fully saturated rings. The quantitative estimate of drug-likeness (QED) is 0.785. The highest BCUT2D eigenvalue weighted by Crippen LogP contribution is 2.04. The van der Waals surface area contributed by atoms with Crippen molar-refractivity contribution in [2.24, 2.45) is 5.73 Å². The number of carbonyl (C=O) groups excluding carboxylic acids is 1. The van der Waals surface area contributed by atoms with Crippen molar-refractivity contribution in [2.75, 3.05) is 5.43 Å². The minimum atomic E-state index is -0.420. The number of carbonyl (C=O) groups is 1. The fourth-order valence-electron chi connectivity index (χ4n) is 1.48. The molecule has 84 valence electrons. The Balaban J connectivity index is 2.66. The zero-order valence-electron chi connectivity index (χ0n) is 9.58. The minimum absolute atomic E-state index is 0.126. The van der Waals surface area contributed by atoms with Crippen LogP contribution in [0.5, 0.6) is 0 Å². The van der Waals surface area contributed by atoms with Crippen LogP contribution in [0, 0.1) is 13.8 Å². The number of hydrogen-bond acceptors (Lipinski definition) is 2. The van der Waals surface area contributed by atoms with E-state index >= 15 is 0 Å². The van der Waals surface area contributed by atoms with Crippen LogP contribution < -0.4 is 11.2 Å². The second kappa shape index (κ2) is 4.98. The Hall–Kier alpha value is -1.29. The Morgan fingerprint density at radius 1 is 1.47 bits per heavy atom. The summed E-state index contributed by atoms with van der Waals surface area (Å²) in [5.74, 6) is -0.126. The molecule has 0 saturated carbocycles. The van der Waals surface area contributed by atoms with Gasteiger partial charge in [-0.1, -0.05) is 13.3 Å². The van der Waals surface area contributed by atoms with Gasteiger partial charge in [-0.15, -0.1) is 0 Å². The molecule has 4 nitrogen and oxygen atoms in total. The monoisotopic (exact) mass is 209 g/mol. The molecule has 15 heavy (non-hydrogen) atoms. The van der Waals surface area contributed by atoms with Crippen molar-refractivity contribution in [1.82, 2.24) is 4.68 Å². The standard InChI is InChI=1S/C11H19N3O/c1-4-5-10(12)11(15)13-14-8(2)6-7-9(14)3/h6-7,10H,4-5,12H2,1-3H3,(H,13,15)/t10-/m0/s1. The van der Waals surface area contributed by atoms with Gasteiger partial charge in [0.1, 0.15) is 0 Å². The molecule has 1 aromatic rings. The van der Waals surface area contributed by atoms with Crippen LogP contribution in [0.2, 0.25) is 0 Å². The van der Waals surface area contributed by atoms with Gasteiger partial charge < -0.3 is 5.73 Å². The molecular formula is C11H19N3O. The first-order valence-corrected chi connectivity index (χ1v) is 5.27. The van der Waals surface area contributed by atoms with E-state index in [0.29, 0.717) is 6.42 Å². The Kier molecular flexibility index (Phi) is 3.91. The van der Waals surface area contributed by atoms with Crippen molar-refractivity contribution in [2.45, 2.75) is 39.7 Å². The van der Waals surface area contributed by atoms with Gasteiger partial charge in [0.2, 0.25) is 0 Å². The molecule has 0 saturated heterocycles. The number of nitrogens with two attached hydrogens (primary N) is 1. The molecule has 3 N–H and O–H groups in total. The number of rotatable bonds is 4. The van der Waals surface area contributed by atoms with E-state index in [-0.39, 0.29) is 5.91 Å². The van der Waals surface area contributed by atoms with E-state index in [2.05, 4.69) is 5.43 Å². The topological polar surface area (TPSA) is 60.1 Å². The normalized spacial score (nSPS) is 12.5. The Morgan fingerprint density at radius 3 is 2.47 bits per heavy atom. The summed E-state index contributed by atoms with van der Waals surface area (Å²) >= 11 is 0.